The van der Waals surface area contributed by atoms with Gasteiger partial charge in [-0.2, -0.15) is 0 Å². The van der Waals surface area contributed by atoms with Crippen LogP contribution in [0.1, 0.15) is 22.3 Å². The average Bonchev–Trinajstić information content (AvgIpc) is 2.57. The van der Waals surface area contributed by atoms with Crippen LogP contribution in [0.2, 0.25) is 0 Å². The van der Waals surface area contributed by atoms with E-state index in [1.807, 2.05) is 69.1 Å². The van der Waals surface area contributed by atoms with Crippen LogP contribution in [-0.2, 0) is 11.3 Å². The van der Waals surface area contributed by atoms with Crippen LogP contribution >= 0.6 is 0 Å². The lowest BCUT2D eigenvalue weighted by atomic mass is 10.1. The van der Waals surface area contributed by atoms with Crippen molar-refractivity contribution in [2.45, 2.75) is 27.3 Å². The van der Waals surface area contributed by atoms with E-state index in [0.29, 0.717) is 12.1 Å². The molecule has 3 aromatic rings. The fourth-order valence-electron chi connectivity index (χ4n) is 3.25. The average molecular weight is 364 g/mol. The first-order valence-corrected chi connectivity index (χ1v) is 8.91. The first-order chi connectivity index (χ1) is 12.8. The highest BCUT2D eigenvalue weighted by molar-refractivity contribution is 5.93. The largest absolute Gasteiger partial charge is 0.423 e. The number of anilines is 1. The van der Waals surface area contributed by atoms with Gasteiger partial charge in [0.15, 0.2) is 0 Å². The Kier molecular flexibility index (Phi) is 5.42. The molecule has 0 aliphatic carbocycles. The van der Waals surface area contributed by atoms with Crippen LogP contribution in [0.4, 0.5) is 5.69 Å². The molecule has 0 fully saturated rings. The van der Waals surface area contributed by atoms with Crippen molar-refractivity contribution in [2.24, 2.45) is 0 Å². The topological polar surface area (TPSA) is 62.6 Å². The Morgan fingerprint density at radius 3 is 2.48 bits per heavy atom. The van der Waals surface area contributed by atoms with E-state index in [2.05, 4.69) is 5.32 Å². The SMILES string of the molecule is Cc1ccc2c(CN(C)CC(=O)Nc3c(C)cccc3C)cc(=O)oc2c1. The molecular formula is C22H24N2O3. The number of benzene rings is 2. The number of rotatable bonds is 5. The number of nitrogens with one attached hydrogen (secondary N) is 1. The van der Waals surface area contributed by atoms with E-state index >= 15 is 0 Å². The van der Waals surface area contributed by atoms with Gasteiger partial charge in [0.2, 0.25) is 5.91 Å². The molecule has 2 aromatic carbocycles. The Balaban J connectivity index is 1.74. The number of carbonyl (C=O) groups excluding carboxylic acids is 1. The number of nitrogens with zero attached hydrogens (tertiary/aromatic N) is 1. The lowest BCUT2D eigenvalue weighted by Crippen LogP contribution is -2.30. The summed E-state index contributed by atoms with van der Waals surface area (Å²) in [5, 5.41) is 3.88. The molecule has 140 valence electrons. The van der Waals surface area contributed by atoms with Crippen molar-refractivity contribution in [1.82, 2.24) is 4.90 Å². The monoisotopic (exact) mass is 364 g/mol. The second-order valence-corrected chi connectivity index (χ2v) is 7.08. The summed E-state index contributed by atoms with van der Waals surface area (Å²) < 4.78 is 5.30. The first-order valence-electron chi connectivity index (χ1n) is 8.91. The van der Waals surface area contributed by atoms with E-state index < -0.39 is 0 Å². The van der Waals surface area contributed by atoms with Crippen molar-refractivity contribution in [3.8, 4) is 0 Å². The van der Waals surface area contributed by atoms with Gasteiger partial charge in [0.1, 0.15) is 5.58 Å². The third kappa shape index (κ3) is 4.44. The van der Waals surface area contributed by atoms with Crippen LogP contribution in [0.15, 0.2) is 51.7 Å². The summed E-state index contributed by atoms with van der Waals surface area (Å²) >= 11 is 0. The summed E-state index contributed by atoms with van der Waals surface area (Å²) in [6.45, 7) is 6.61. The molecule has 0 aliphatic heterocycles. The Bertz CT molecular complexity index is 1030. The minimum absolute atomic E-state index is 0.0852. The van der Waals surface area contributed by atoms with Gasteiger partial charge in [-0.25, -0.2) is 4.79 Å². The number of hydrogen-bond acceptors (Lipinski definition) is 4. The third-order valence-electron chi connectivity index (χ3n) is 4.59. The van der Waals surface area contributed by atoms with Gasteiger partial charge in [-0.15, -0.1) is 0 Å². The van der Waals surface area contributed by atoms with Crippen LogP contribution in [0.5, 0.6) is 0 Å². The van der Waals surface area contributed by atoms with Crippen molar-refractivity contribution < 1.29 is 9.21 Å². The predicted octanol–water partition coefficient (Wildman–Crippen LogP) is 3.79. The van der Waals surface area contributed by atoms with Gasteiger partial charge in [0.25, 0.3) is 0 Å². The molecule has 3 rings (SSSR count). The highest BCUT2D eigenvalue weighted by atomic mass is 16.4. The molecule has 0 aliphatic rings. The molecule has 0 unspecified atom stereocenters. The van der Waals surface area contributed by atoms with Crippen molar-refractivity contribution in [1.29, 1.82) is 0 Å². The van der Waals surface area contributed by atoms with Crippen LogP contribution in [0.3, 0.4) is 0 Å². The minimum atomic E-state index is -0.378. The minimum Gasteiger partial charge on any atom is -0.423 e. The van der Waals surface area contributed by atoms with Crippen LogP contribution < -0.4 is 10.9 Å². The lowest BCUT2D eigenvalue weighted by molar-refractivity contribution is -0.117. The number of amides is 1. The maximum Gasteiger partial charge on any atom is 0.336 e. The van der Waals surface area contributed by atoms with Gasteiger partial charge in [-0.3, -0.25) is 9.69 Å². The van der Waals surface area contributed by atoms with Crippen molar-refractivity contribution in [3.05, 3.63) is 75.1 Å². The van der Waals surface area contributed by atoms with Crippen LogP contribution in [-0.4, -0.2) is 24.4 Å². The van der Waals surface area contributed by atoms with Crippen molar-refractivity contribution in [3.63, 3.8) is 0 Å². The molecule has 0 spiro atoms. The normalized spacial score (nSPS) is 11.1. The molecule has 0 radical (unpaired) electrons. The molecule has 5 nitrogen and oxygen atoms in total. The first kappa shape index (κ1) is 18.9. The number of para-hydroxylation sites is 1. The zero-order valence-electron chi connectivity index (χ0n) is 16.1. The molecular weight excluding hydrogens is 340 g/mol. The maximum atomic E-state index is 12.5. The van der Waals surface area contributed by atoms with Gasteiger partial charge < -0.3 is 9.73 Å². The Labute approximate surface area is 158 Å². The van der Waals surface area contributed by atoms with Crippen molar-refractivity contribution >= 4 is 22.6 Å². The summed E-state index contributed by atoms with van der Waals surface area (Å²) in [6.07, 6.45) is 0. The van der Waals surface area contributed by atoms with Gasteiger partial charge in [-0.05, 0) is 56.1 Å². The molecule has 27 heavy (non-hydrogen) atoms. The van der Waals surface area contributed by atoms with E-state index in [0.717, 1.165) is 33.3 Å². The molecule has 1 aromatic heterocycles. The molecule has 1 heterocycles. The van der Waals surface area contributed by atoms with E-state index in [-0.39, 0.29) is 18.1 Å². The molecule has 1 amide bonds. The summed E-state index contributed by atoms with van der Waals surface area (Å²) in [4.78, 5) is 26.2. The van der Waals surface area contributed by atoms with Crippen LogP contribution in [0.25, 0.3) is 11.0 Å². The molecule has 5 heteroatoms. The molecule has 0 bridgehead atoms. The molecule has 1 N–H and O–H groups in total. The second kappa shape index (κ2) is 7.76. The summed E-state index contributed by atoms with van der Waals surface area (Å²) in [5.74, 6) is -0.0852. The predicted molar refractivity (Wildman–Crippen MR) is 108 cm³/mol. The number of aryl methyl sites for hydroxylation is 3. The smallest absolute Gasteiger partial charge is 0.336 e. The van der Waals surface area contributed by atoms with E-state index in [1.165, 1.54) is 6.07 Å². The number of fused-ring (bicyclic) bond motifs is 1. The van der Waals surface area contributed by atoms with E-state index in [1.54, 1.807) is 0 Å². The lowest BCUT2D eigenvalue weighted by Gasteiger charge is -2.18. The Hall–Kier alpha value is -2.92. The Morgan fingerprint density at radius 2 is 1.78 bits per heavy atom. The van der Waals surface area contributed by atoms with E-state index in [4.69, 9.17) is 4.42 Å². The van der Waals surface area contributed by atoms with Crippen LogP contribution in [0, 0.1) is 20.8 Å². The zero-order chi connectivity index (χ0) is 19.6. The Morgan fingerprint density at radius 1 is 1.07 bits per heavy atom. The van der Waals surface area contributed by atoms with Crippen molar-refractivity contribution in [2.75, 3.05) is 18.9 Å². The van der Waals surface area contributed by atoms with Gasteiger partial charge in [0.05, 0.1) is 6.54 Å². The van der Waals surface area contributed by atoms with E-state index in [9.17, 15) is 9.59 Å². The maximum absolute atomic E-state index is 12.5. The zero-order valence-corrected chi connectivity index (χ0v) is 16.1. The fraction of sp³-hybridized carbons (Fsp3) is 0.273. The second-order valence-electron chi connectivity index (χ2n) is 7.08. The fourth-order valence-corrected chi connectivity index (χ4v) is 3.25. The molecule has 0 atom stereocenters. The summed E-state index contributed by atoms with van der Waals surface area (Å²) in [5.41, 5.74) is 5.01. The summed E-state index contributed by atoms with van der Waals surface area (Å²) in [6, 6.07) is 13.2. The highest BCUT2D eigenvalue weighted by Crippen LogP contribution is 2.21. The van der Waals surface area contributed by atoms with Gasteiger partial charge in [-0.1, -0.05) is 30.3 Å². The highest BCUT2D eigenvalue weighted by Gasteiger charge is 2.13. The summed E-state index contributed by atoms with van der Waals surface area (Å²) in [7, 11) is 1.86. The number of likely N-dealkylation sites (N-methyl/N-ethyl adjacent to an activating group) is 1. The molecule has 0 saturated heterocycles. The van der Waals surface area contributed by atoms with Gasteiger partial charge in [0, 0.05) is 23.7 Å². The standard InChI is InChI=1S/C22H24N2O3/c1-14-8-9-18-17(11-21(26)27-19(18)10-14)12-24(4)13-20(25)23-22-15(2)6-5-7-16(22)3/h5-11H,12-13H2,1-4H3,(H,23,25). The number of hydrogen-bond donors (Lipinski definition) is 1. The molecule has 0 saturated carbocycles. The quantitative estimate of drug-likeness (QED) is 0.700. The number of carbonyl (C=O) groups is 1. The van der Waals surface area contributed by atoms with Gasteiger partial charge >= 0.3 is 5.63 Å². The third-order valence-corrected chi connectivity index (χ3v) is 4.59.